The van der Waals surface area contributed by atoms with E-state index >= 15 is 0 Å². The number of carboxylic acid groups (broad SMARTS) is 1. The summed E-state index contributed by atoms with van der Waals surface area (Å²) < 4.78 is 23.2. The molecule has 2 aromatic heterocycles. The maximum Gasteiger partial charge on any atom is 0.303 e. The van der Waals surface area contributed by atoms with Gasteiger partial charge in [0, 0.05) is 20.8 Å². The lowest BCUT2D eigenvalue weighted by atomic mass is 9.85. The van der Waals surface area contributed by atoms with Crippen molar-refractivity contribution in [3.05, 3.63) is 16.8 Å². The van der Waals surface area contributed by atoms with Crippen molar-refractivity contribution in [2.24, 2.45) is 5.92 Å². The van der Waals surface area contributed by atoms with Crippen molar-refractivity contribution in [3.8, 4) is 0 Å². The average Bonchev–Trinajstić information content (AvgIpc) is 3.12. The van der Waals surface area contributed by atoms with Gasteiger partial charge < -0.3 is 24.1 Å². The maximum absolute atomic E-state index is 12.0. The largest absolute Gasteiger partial charge is 0.481 e. The summed E-state index contributed by atoms with van der Waals surface area (Å²) in [5.41, 5.74) is 0.267. The predicted octanol–water partition coefficient (Wildman–Crippen LogP) is 1.55. The normalized spacial score (nSPS) is 24.4. The Bertz CT molecular complexity index is 1120. The highest BCUT2D eigenvalue weighted by atomic mass is 35.5. The molecule has 0 radical (unpaired) electrons. The topological polar surface area (TPSA) is 169 Å². The van der Waals surface area contributed by atoms with Gasteiger partial charge in [-0.25, -0.2) is 9.97 Å². The number of halogens is 2. The number of fused-ring (bicyclic) bond motifs is 1. The molecule has 1 saturated heterocycles. The summed E-state index contributed by atoms with van der Waals surface area (Å²) in [6.45, 7) is 3.04. The van der Waals surface area contributed by atoms with Gasteiger partial charge in [-0.15, -0.1) is 0 Å². The lowest BCUT2D eigenvalue weighted by Crippen LogP contribution is -2.56. The van der Waals surface area contributed by atoms with Crippen LogP contribution in [0.25, 0.3) is 11.2 Å². The lowest BCUT2D eigenvalue weighted by Gasteiger charge is -2.45. The summed E-state index contributed by atoms with van der Waals surface area (Å²) >= 11 is 12.0. The van der Waals surface area contributed by atoms with Crippen LogP contribution in [0.3, 0.4) is 0 Å². The minimum Gasteiger partial charge on any atom is -0.481 e. The third kappa shape index (κ3) is 5.72. The highest BCUT2D eigenvalue weighted by Gasteiger charge is 2.51. The summed E-state index contributed by atoms with van der Waals surface area (Å²) in [6.07, 6.45) is -4.17. The van der Waals surface area contributed by atoms with Gasteiger partial charge in [0.1, 0.15) is 24.3 Å². The van der Waals surface area contributed by atoms with E-state index in [0.29, 0.717) is 0 Å². The molecule has 1 aliphatic heterocycles. The van der Waals surface area contributed by atoms with E-state index in [-0.39, 0.29) is 28.2 Å². The predicted molar refractivity (Wildman–Crippen MR) is 113 cm³/mol. The number of hydrogen-bond acceptors (Lipinski definition) is 11. The van der Waals surface area contributed by atoms with Crippen LogP contribution >= 0.6 is 23.2 Å². The minimum absolute atomic E-state index is 0.0510. The van der Waals surface area contributed by atoms with E-state index in [1.807, 2.05) is 0 Å². The van der Waals surface area contributed by atoms with E-state index in [1.165, 1.54) is 17.8 Å². The second kappa shape index (κ2) is 10.5. The zero-order valence-corrected chi connectivity index (χ0v) is 19.6. The van der Waals surface area contributed by atoms with Crippen LogP contribution in [0.2, 0.25) is 10.4 Å². The second-order valence-electron chi connectivity index (χ2n) is 7.38. The highest BCUT2D eigenvalue weighted by Crippen LogP contribution is 2.40. The van der Waals surface area contributed by atoms with Crippen LogP contribution < -0.4 is 0 Å². The molecule has 34 heavy (non-hydrogen) atoms. The van der Waals surface area contributed by atoms with Crippen LogP contribution in [0, 0.1) is 5.92 Å². The van der Waals surface area contributed by atoms with Crippen molar-refractivity contribution in [3.63, 3.8) is 0 Å². The molecule has 0 aromatic carbocycles. The van der Waals surface area contributed by atoms with Crippen LogP contribution in [-0.4, -0.2) is 73.4 Å². The number of carboxylic acids is 1. The third-order valence-electron chi connectivity index (χ3n) is 4.90. The molecule has 1 fully saturated rings. The molecular formula is C19H20Cl2N4O9. The Hall–Kier alpha value is -3.03. The number of nitrogens with zero attached hydrogens (tertiary/aromatic N) is 4. The van der Waals surface area contributed by atoms with Crippen LogP contribution in [0.1, 0.15) is 33.4 Å². The number of esters is 3. The van der Waals surface area contributed by atoms with Gasteiger partial charge in [0.15, 0.2) is 23.1 Å². The monoisotopic (exact) mass is 518 g/mol. The number of ether oxygens (including phenoxy) is 4. The van der Waals surface area contributed by atoms with Gasteiger partial charge in [0.05, 0.1) is 18.7 Å². The molecule has 0 spiro atoms. The van der Waals surface area contributed by atoms with Crippen molar-refractivity contribution >= 4 is 58.2 Å². The van der Waals surface area contributed by atoms with E-state index in [0.717, 1.165) is 13.8 Å². The third-order valence-corrected chi connectivity index (χ3v) is 5.33. The zero-order valence-electron chi connectivity index (χ0n) is 18.1. The summed E-state index contributed by atoms with van der Waals surface area (Å²) in [4.78, 5) is 59.0. The Labute approximate surface area is 202 Å². The standard InChI is InChI=1S/C19H20Cl2N4O9/c1-7(26)31-5-11-14(32-8(2)27)10(4-12(29)30)15(33-9(3)28)18(34-11)25-6-22-13-16(20)23-19(21)24-17(13)25/h6,10-11,14-15,18H,4-5H2,1-3H3,(H,29,30)/t10-,11-,14+,15+,18-/m0/s1. The number of rotatable bonds is 7. The van der Waals surface area contributed by atoms with Gasteiger partial charge in [-0.05, 0) is 11.6 Å². The molecule has 0 aliphatic carbocycles. The number of carbonyl (C=O) groups is 4. The first kappa shape index (κ1) is 25.6. The van der Waals surface area contributed by atoms with Gasteiger partial charge in [0.25, 0.3) is 0 Å². The molecule has 3 heterocycles. The molecule has 1 N–H and O–H groups in total. The van der Waals surface area contributed by atoms with E-state index < -0.39 is 60.8 Å². The molecule has 13 nitrogen and oxygen atoms in total. The number of aromatic nitrogens is 4. The molecule has 1 aliphatic rings. The smallest absolute Gasteiger partial charge is 0.303 e. The first-order valence-electron chi connectivity index (χ1n) is 9.88. The zero-order chi connectivity index (χ0) is 25.2. The second-order valence-corrected chi connectivity index (χ2v) is 8.08. The Morgan fingerprint density at radius 3 is 2.29 bits per heavy atom. The molecule has 2 aromatic rings. The molecule has 0 saturated carbocycles. The van der Waals surface area contributed by atoms with Crippen LogP contribution in [0.15, 0.2) is 6.33 Å². The lowest BCUT2D eigenvalue weighted by molar-refractivity contribution is -0.250. The van der Waals surface area contributed by atoms with E-state index in [4.69, 9.17) is 42.1 Å². The number of carbonyl (C=O) groups excluding carboxylic acids is 3. The Morgan fingerprint density at radius 2 is 1.71 bits per heavy atom. The van der Waals surface area contributed by atoms with Gasteiger partial charge in [0.2, 0.25) is 5.28 Å². The average molecular weight is 519 g/mol. The van der Waals surface area contributed by atoms with E-state index in [2.05, 4.69) is 15.0 Å². The summed E-state index contributed by atoms with van der Waals surface area (Å²) in [5.74, 6) is -4.48. The van der Waals surface area contributed by atoms with Gasteiger partial charge in [-0.1, -0.05) is 11.6 Å². The SMILES string of the molecule is CC(=O)OC[C@@H]1O[C@H](n2cnc3c(Cl)nc(Cl)nc32)[C@H](OC(C)=O)[C@@H](CC(=O)O)[C@H]1OC(C)=O. The fourth-order valence-corrected chi connectivity index (χ4v) is 4.16. The Morgan fingerprint density at radius 1 is 1.06 bits per heavy atom. The van der Waals surface area contributed by atoms with Crippen molar-refractivity contribution in [2.75, 3.05) is 6.61 Å². The molecule has 3 rings (SSSR count). The summed E-state index contributed by atoms with van der Waals surface area (Å²) in [6, 6.07) is 0. The fraction of sp³-hybridized carbons (Fsp3) is 0.526. The highest BCUT2D eigenvalue weighted by molar-refractivity contribution is 6.35. The molecule has 15 heteroatoms. The van der Waals surface area contributed by atoms with Crippen LogP contribution in [0.4, 0.5) is 0 Å². The van der Waals surface area contributed by atoms with Crippen molar-refractivity contribution in [2.45, 2.75) is 51.7 Å². The van der Waals surface area contributed by atoms with Gasteiger partial charge in [-0.3, -0.25) is 23.7 Å². The van der Waals surface area contributed by atoms with Crippen LogP contribution in [-0.2, 0) is 38.1 Å². The first-order valence-corrected chi connectivity index (χ1v) is 10.6. The molecule has 0 unspecified atom stereocenters. The number of imidazole rings is 1. The maximum atomic E-state index is 12.0. The summed E-state index contributed by atoms with van der Waals surface area (Å²) in [5, 5.41) is 9.30. The molecule has 184 valence electrons. The van der Waals surface area contributed by atoms with E-state index in [1.54, 1.807) is 0 Å². The van der Waals surface area contributed by atoms with Crippen molar-refractivity contribution < 1.29 is 43.2 Å². The molecular weight excluding hydrogens is 499 g/mol. The summed E-state index contributed by atoms with van der Waals surface area (Å²) in [7, 11) is 0. The van der Waals surface area contributed by atoms with Crippen molar-refractivity contribution in [1.82, 2.24) is 19.5 Å². The molecule has 0 bridgehead atoms. The molecule has 0 amide bonds. The minimum atomic E-state index is -1.28. The van der Waals surface area contributed by atoms with Gasteiger partial charge >= 0.3 is 23.9 Å². The Kier molecular flexibility index (Phi) is 7.89. The quantitative estimate of drug-likeness (QED) is 0.243. The number of hydrogen-bond donors (Lipinski definition) is 1. The Balaban J connectivity index is 2.16. The van der Waals surface area contributed by atoms with Crippen LogP contribution in [0.5, 0.6) is 0 Å². The number of aliphatic carboxylic acids is 1. The van der Waals surface area contributed by atoms with Crippen molar-refractivity contribution in [1.29, 1.82) is 0 Å². The van der Waals surface area contributed by atoms with E-state index in [9.17, 15) is 24.3 Å². The first-order chi connectivity index (χ1) is 16.0. The molecule has 5 atom stereocenters. The fourth-order valence-electron chi connectivity index (χ4n) is 3.74. The van der Waals surface area contributed by atoms with Gasteiger partial charge in [-0.2, -0.15) is 4.98 Å².